The molecule has 0 radical (unpaired) electrons. The average Bonchev–Trinajstić information content (AvgIpc) is 2.05. The average molecular weight is 188 g/mol. The summed E-state index contributed by atoms with van der Waals surface area (Å²) < 4.78 is 0. The van der Waals surface area contributed by atoms with E-state index >= 15 is 0 Å². The Kier molecular flexibility index (Phi) is 5.66. The van der Waals surface area contributed by atoms with Gasteiger partial charge >= 0.3 is 0 Å². The maximum Gasteiger partial charge on any atom is 0.233 e. The van der Waals surface area contributed by atoms with E-state index < -0.39 is 5.60 Å². The summed E-state index contributed by atoms with van der Waals surface area (Å²) in [5.41, 5.74) is -0.716. The van der Waals surface area contributed by atoms with E-state index in [4.69, 9.17) is 0 Å². The maximum absolute atomic E-state index is 11.0. The van der Waals surface area contributed by atoms with Crippen LogP contribution in [0.1, 0.15) is 27.2 Å². The molecule has 13 heavy (non-hydrogen) atoms. The zero-order valence-electron chi connectivity index (χ0n) is 8.68. The van der Waals surface area contributed by atoms with Crippen molar-refractivity contribution in [2.45, 2.75) is 32.8 Å². The number of hydrogen-bond donors (Lipinski definition) is 3. The summed E-state index contributed by atoms with van der Waals surface area (Å²) in [4.78, 5) is 11.0. The molecule has 78 valence electrons. The van der Waals surface area contributed by atoms with Crippen LogP contribution in [-0.4, -0.2) is 36.2 Å². The molecule has 0 aromatic carbocycles. The number of aliphatic hydroxyl groups is 1. The largest absolute Gasteiger partial charge is 0.389 e. The number of rotatable bonds is 6. The van der Waals surface area contributed by atoms with Gasteiger partial charge in [0.2, 0.25) is 5.91 Å². The third-order valence-corrected chi connectivity index (χ3v) is 1.93. The number of nitrogens with one attached hydrogen (secondary N) is 2. The molecule has 0 aliphatic carbocycles. The third kappa shape index (κ3) is 6.54. The predicted molar refractivity (Wildman–Crippen MR) is 52.5 cm³/mol. The molecule has 0 saturated carbocycles. The summed E-state index contributed by atoms with van der Waals surface area (Å²) in [6.07, 6.45) is 0.676. The van der Waals surface area contributed by atoms with Gasteiger partial charge in [-0.25, -0.2) is 0 Å². The van der Waals surface area contributed by atoms with Gasteiger partial charge in [0.05, 0.1) is 12.1 Å². The first kappa shape index (κ1) is 12.4. The Bertz CT molecular complexity index is 158. The highest BCUT2D eigenvalue weighted by atomic mass is 16.3. The van der Waals surface area contributed by atoms with Crippen LogP contribution in [0.2, 0.25) is 0 Å². The highest BCUT2D eigenvalue weighted by molar-refractivity contribution is 5.77. The summed E-state index contributed by atoms with van der Waals surface area (Å²) in [6.45, 7) is 6.89. The second-order valence-corrected chi connectivity index (χ2v) is 3.41. The molecule has 0 bridgehead atoms. The van der Waals surface area contributed by atoms with Gasteiger partial charge in [-0.15, -0.1) is 0 Å². The Morgan fingerprint density at radius 2 is 2.08 bits per heavy atom. The molecular formula is C9H20N2O2. The van der Waals surface area contributed by atoms with E-state index in [1.54, 1.807) is 6.92 Å². The fourth-order valence-corrected chi connectivity index (χ4v) is 0.830. The predicted octanol–water partition coefficient (Wildman–Crippen LogP) is -0.127. The highest BCUT2D eigenvalue weighted by Crippen LogP contribution is 2.05. The minimum atomic E-state index is -0.716. The molecule has 1 atom stereocenters. The van der Waals surface area contributed by atoms with Crippen LogP contribution >= 0.6 is 0 Å². The third-order valence-electron chi connectivity index (χ3n) is 1.93. The smallest absolute Gasteiger partial charge is 0.233 e. The number of carbonyl (C=O) groups is 1. The topological polar surface area (TPSA) is 61.4 Å². The molecule has 0 aromatic heterocycles. The lowest BCUT2D eigenvalue weighted by atomic mass is 10.0. The first-order valence-corrected chi connectivity index (χ1v) is 4.71. The zero-order chi connectivity index (χ0) is 10.3. The van der Waals surface area contributed by atoms with Crippen molar-refractivity contribution in [2.75, 3.05) is 19.6 Å². The molecule has 4 nitrogen and oxygen atoms in total. The van der Waals surface area contributed by atoms with Crippen LogP contribution in [0.4, 0.5) is 0 Å². The first-order valence-electron chi connectivity index (χ1n) is 4.71. The van der Waals surface area contributed by atoms with Gasteiger partial charge in [0.1, 0.15) is 0 Å². The van der Waals surface area contributed by atoms with Crippen molar-refractivity contribution in [1.82, 2.24) is 10.6 Å². The van der Waals surface area contributed by atoms with Crippen LogP contribution in [0.15, 0.2) is 0 Å². The van der Waals surface area contributed by atoms with Crippen molar-refractivity contribution in [3.8, 4) is 0 Å². The standard InChI is InChI=1S/C9H20N2O2/c1-4-9(3,13)7-10-6-8(12)11-5-2/h10,13H,4-7H2,1-3H3,(H,11,12). The SMILES string of the molecule is CCNC(=O)CNCC(C)(O)CC. The summed E-state index contributed by atoms with van der Waals surface area (Å²) in [7, 11) is 0. The van der Waals surface area contributed by atoms with Crippen LogP contribution in [0, 0.1) is 0 Å². The molecule has 0 aromatic rings. The van der Waals surface area contributed by atoms with E-state index in [2.05, 4.69) is 10.6 Å². The summed E-state index contributed by atoms with van der Waals surface area (Å²) in [6, 6.07) is 0. The Morgan fingerprint density at radius 3 is 2.54 bits per heavy atom. The number of carbonyl (C=O) groups excluding carboxylic acids is 1. The minimum absolute atomic E-state index is 0.0330. The van der Waals surface area contributed by atoms with Crippen LogP contribution in [0.5, 0.6) is 0 Å². The van der Waals surface area contributed by atoms with Crippen molar-refractivity contribution in [1.29, 1.82) is 0 Å². The zero-order valence-corrected chi connectivity index (χ0v) is 8.68. The van der Waals surface area contributed by atoms with Gasteiger partial charge in [-0.05, 0) is 20.3 Å². The van der Waals surface area contributed by atoms with Gasteiger partial charge < -0.3 is 15.7 Å². The Labute approximate surface area is 79.7 Å². The lowest BCUT2D eigenvalue weighted by Crippen LogP contribution is -2.42. The van der Waals surface area contributed by atoms with Crippen molar-refractivity contribution >= 4 is 5.91 Å². The van der Waals surface area contributed by atoms with Crippen molar-refractivity contribution < 1.29 is 9.90 Å². The number of amides is 1. The minimum Gasteiger partial charge on any atom is -0.389 e. The second kappa shape index (κ2) is 5.94. The summed E-state index contributed by atoms with van der Waals surface area (Å²) >= 11 is 0. The Hall–Kier alpha value is -0.610. The van der Waals surface area contributed by atoms with E-state index in [1.807, 2.05) is 13.8 Å². The second-order valence-electron chi connectivity index (χ2n) is 3.41. The number of likely N-dealkylation sites (N-methyl/N-ethyl adjacent to an activating group) is 1. The van der Waals surface area contributed by atoms with E-state index in [1.165, 1.54) is 0 Å². The summed E-state index contributed by atoms with van der Waals surface area (Å²) in [5.74, 6) is -0.0330. The fraction of sp³-hybridized carbons (Fsp3) is 0.889. The van der Waals surface area contributed by atoms with Gasteiger partial charge in [0.15, 0.2) is 0 Å². The van der Waals surface area contributed by atoms with Gasteiger partial charge in [-0.3, -0.25) is 4.79 Å². The molecule has 3 N–H and O–H groups in total. The van der Waals surface area contributed by atoms with Crippen molar-refractivity contribution in [2.24, 2.45) is 0 Å². The Balaban J connectivity index is 3.50. The first-order chi connectivity index (χ1) is 6.02. The van der Waals surface area contributed by atoms with Gasteiger partial charge in [0.25, 0.3) is 0 Å². The normalized spacial score (nSPS) is 15.1. The van der Waals surface area contributed by atoms with E-state index in [-0.39, 0.29) is 12.5 Å². The fourth-order valence-electron chi connectivity index (χ4n) is 0.830. The van der Waals surface area contributed by atoms with E-state index in [0.717, 1.165) is 0 Å². The lowest BCUT2D eigenvalue weighted by molar-refractivity contribution is -0.120. The molecule has 1 amide bonds. The van der Waals surface area contributed by atoms with Gasteiger partial charge in [-0.2, -0.15) is 0 Å². The molecule has 0 spiro atoms. The van der Waals surface area contributed by atoms with Crippen LogP contribution < -0.4 is 10.6 Å². The molecule has 0 saturated heterocycles. The highest BCUT2D eigenvalue weighted by Gasteiger charge is 2.16. The van der Waals surface area contributed by atoms with Gasteiger partial charge in [0, 0.05) is 13.1 Å². The number of hydrogen-bond acceptors (Lipinski definition) is 3. The van der Waals surface area contributed by atoms with Crippen molar-refractivity contribution in [3.63, 3.8) is 0 Å². The maximum atomic E-state index is 11.0. The monoisotopic (exact) mass is 188 g/mol. The van der Waals surface area contributed by atoms with Gasteiger partial charge in [-0.1, -0.05) is 6.92 Å². The summed E-state index contributed by atoms with van der Waals surface area (Å²) in [5, 5.41) is 15.1. The van der Waals surface area contributed by atoms with E-state index in [0.29, 0.717) is 19.5 Å². The molecule has 4 heteroatoms. The molecule has 0 fully saturated rings. The van der Waals surface area contributed by atoms with E-state index in [9.17, 15) is 9.90 Å². The molecule has 0 rings (SSSR count). The molecule has 0 aliphatic heterocycles. The van der Waals surface area contributed by atoms with Crippen molar-refractivity contribution in [3.05, 3.63) is 0 Å². The quantitative estimate of drug-likeness (QED) is 0.544. The molecular weight excluding hydrogens is 168 g/mol. The Morgan fingerprint density at radius 1 is 1.46 bits per heavy atom. The van der Waals surface area contributed by atoms with Crippen LogP contribution in [-0.2, 0) is 4.79 Å². The molecule has 1 unspecified atom stereocenters. The van der Waals surface area contributed by atoms with Crippen LogP contribution in [0.3, 0.4) is 0 Å². The molecule has 0 aliphatic rings. The van der Waals surface area contributed by atoms with Crippen LogP contribution in [0.25, 0.3) is 0 Å². The lowest BCUT2D eigenvalue weighted by Gasteiger charge is -2.21. The molecule has 0 heterocycles.